The molecule has 1 fully saturated rings. The summed E-state index contributed by atoms with van der Waals surface area (Å²) < 4.78 is 0. The van der Waals surface area contributed by atoms with Gasteiger partial charge in [-0.25, -0.2) is 0 Å². The Morgan fingerprint density at radius 2 is 1.90 bits per heavy atom. The maximum Gasteiger partial charge on any atom is 0.0634 e. The van der Waals surface area contributed by atoms with E-state index in [1.807, 2.05) is 11.3 Å². The van der Waals surface area contributed by atoms with E-state index in [4.69, 9.17) is 0 Å². The molecule has 1 heterocycles. The predicted molar refractivity (Wildman–Crippen MR) is 93.1 cm³/mol. The quantitative estimate of drug-likeness (QED) is 0.685. The van der Waals surface area contributed by atoms with E-state index >= 15 is 0 Å². The molecular weight excluding hydrogens is 274 g/mol. The van der Waals surface area contributed by atoms with Crippen molar-refractivity contribution < 1.29 is 0 Å². The Balaban J connectivity index is 1.74. The first-order chi connectivity index (χ1) is 10.4. The van der Waals surface area contributed by atoms with Gasteiger partial charge in [-0.3, -0.25) is 0 Å². The summed E-state index contributed by atoms with van der Waals surface area (Å²) in [7, 11) is 0. The van der Waals surface area contributed by atoms with Crippen LogP contribution in [-0.4, -0.2) is 0 Å². The molecule has 0 spiro atoms. The molecule has 0 radical (unpaired) electrons. The fourth-order valence-corrected chi connectivity index (χ4v) is 4.29. The second kappa shape index (κ2) is 7.13. The van der Waals surface area contributed by atoms with E-state index in [2.05, 4.69) is 54.0 Å². The molecule has 3 rings (SSSR count). The van der Waals surface area contributed by atoms with E-state index < -0.39 is 0 Å². The summed E-state index contributed by atoms with van der Waals surface area (Å²) >= 11 is 1.89. The van der Waals surface area contributed by atoms with Gasteiger partial charge in [0.25, 0.3) is 0 Å². The Hall–Kier alpha value is -1.28. The van der Waals surface area contributed by atoms with Gasteiger partial charge >= 0.3 is 0 Å². The van der Waals surface area contributed by atoms with Crippen molar-refractivity contribution in [3.8, 4) is 0 Å². The van der Waals surface area contributed by atoms with Gasteiger partial charge in [0.2, 0.25) is 0 Å². The van der Waals surface area contributed by atoms with E-state index in [1.165, 1.54) is 54.7 Å². The van der Waals surface area contributed by atoms with Crippen molar-refractivity contribution in [3.63, 3.8) is 0 Å². The van der Waals surface area contributed by atoms with Crippen molar-refractivity contribution >= 4 is 17.0 Å². The molecule has 21 heavy (non-hydrogen) atoms. The molecule has 1 aromatic heterocycles. The zero-order valence-corrected chi connectivity index (χ0v) is 13.7. The third-order valence-electron chi connectivity index (χ3n) is 4.54. The molecule has 0 aliphatic heterocycles. The summed E-state index contributed by atoms with van der Waals surface area (Å²) in [5, 5.41) is 6.00. The maximum absolute atomic E-state index is 3.80. The monoisotopic (exact) mass is 299 g/mol. The summed E-state index contributed by atoms with van der Waals surface area (Å²) in [4.78, 5) is 1.49. The van der Waals surface area contributed by atoms with Gasteiger partial charge in [0, 0.05) is 10.6 Å². The molecule has 112 valence electrons. The summed E-state index contributed by atoms with van der Waals surface area (Å²) in [5.74, 6) is 0.791. The molecule has 1 aliphatic rings. The molecule has 1 atom stereocenters. The van der Waals surface area contributed by atoms with Gasteiger partial charge in [-0.1, -0.05) is 44.4 Å². The summed E-state index contributed by atoms with van der Waals surface area (Å²) in [6.45, 7) is 2.24. The van der Waals surface area contributed by atoms with Crippen LogP contribution >= 0.6 is 11.3 Å². The number of anilines is 1. The Morgan fingerprint density at radius 1 is 1.14 bits per heavy atom. The average Bonchev–Trinajstić information content (AvgIpc) is 3.20. The van der Waals surface area contributed by atoms with Gasteiger partial charge in [0.1, 0.15) is 0 Å². The Labute approximate surface area is 132 Å². The minimum atomic E-state index is 0.490. The Kier molecular flexibility index (Phi) is 4.97. The molecule has 0 amide bonds. The predicted octanol–water partition coefficient (Wildman–Crippen LogP) is 6.04. The highest BCUT2D eigenvalue weighted by molar-refractivity contribution is 7.10. The fraction of sp³-hybridized carbons (Fsp3) is 0.474. The van der Waals surface area contributed by atoms with Crippen molar-refractivity contribution in [2.75, 3.05) is 5.32 Å². The SMILES string of the molecule is CCCc1ccc(NC(c2cccs2)C2CCCC2)cc1. The number of aryl methyl sites for hydroxylation is 1. The molecule has 1 aromatic carbocycles. The molecular formula is C19H25NS. The van der Waals surface area contributed by atoms with Crippen molar-refractivity contribution in [2.24, 2.45) is 5.92 Å². The van der Waals surface area contributed by atoms with E-state index in [0.717, 1.165) is 5.92 Å². The van der Waals surface area contributed by atoms with Gasteiger partial charge in [-0.2, -0.15) is 0 Å². The van der Waals surface area contributed by atoms with Crippen molar-refractivity contribution in [2.45, 2.75) is 51.5 Å². The minimum absolute atomic E-state index is 0.490. The van der Waals surface area contributed by atoms with E-state index in [9.17, 15) is 0 Å². The zero-order valence-electron chi connectivity index (χ0n) is 12.8. The fourth-order valence-electron chi connectivity index (χ4n) is 3.42. The molecule has 1 nitrogen and oxygen atoms in total. The smallest absolute Gasteiger partial charge is 0.0634 e. The third kappa shape index (κ3) is 3.68. The van der Waals surface area contributed by atoms with Crippen molar-refractivity contribution in [1.29, 1.82) is 0 Å². The highest BCUT2D eigenvalue weighted by atomic mass is 32.1. The topological polar surface area (TPSA) is 12.0 Å². The molecule has 1 saturated carbocycles. The normalized spacial score (nSPS) is 17.0. The maximum atomic E-state index is 3.80. The second-order valence-corrected chi connectivity index (χ2v) is 7.11. The van der Waals surface area contributed by atoms with Gasteiger partial charge in [-0.05, 0) is 54.3 Å². The van der Waals surface area contributed by atoms with Crippen LogP contribution in [0.2, 0.25) is 0 Å². The molecule has 1 aliphatic carbocycles. The van der Waals surface area contributed by atoms with E-state index in [1.54, 1.807) is 0 Å². The molecule has 2 aromatic rings. The van der Waals surface area contributed by atoms with Crippen LogP contribution in [0.25, 0.3) is 0 Å². The lowest BCUT2D eigenvalue weighted by Crippen LogP contribution is -2.17. The number of benzene rings is 1. The molecule has 0 saturated heterocycles. The van der Waals surface area contributed by atoms with Gasteiger partial charge in [0.05, 0.1) is 6.04 Å². The average molecular weight is 299 g/mol. The summed E-state index contributed by atoms with van der Waals surface area (Å²) in [6.07, 6.45) is 7.91. The number of nitrogens with one attached hydrogen (secondary N) is 1. The number of rotatable bonds is 6. The minimum Gasteiger partial charge on any atom is -0.377 e. The van der Waals surface area contributed by atoms with Crippen LogP contribution in [0, 0.1) is 5.92 Å². The Morgan fingerprint density at radius 3 is 2.52 bits per heavy atom. The lowest BCUT2D eigenvalue weighted by molar-refractivity contribution is 0.475. The first-order valence-electron chi connectivity index (χ1n) is 8.25. The van der Waals surface area contributed by atoms with E-state index in [0.29, 0.717) is 6.04 Å². The number of thiophene rings is 1. The lowest BCUT2D eigenvalue weighted by atomic mass is 9.96. The van der Waals surface area contributed by atoms with Gasteiger partial charge in [0.15, 0.2) is 0 Å². The van der Waals surface area contributed by atoms with E-state index in [-0.39, 0.29) is 0 Å². The highest BCUT2D eigenvalue weighted by Crippen LogP contribution is 2.39. The van der Waals surface area contributed by atoms with Crippen LogP contribution in [0.4, 0.5) is 5.69 Å². The van der Waals surface area contributed by atoms with Crippen molar-refractivity contribution in [1.82, 2.24) is 0 Å². The van der Waals surface area contributed by atoms with Crippen LogP contribution in [0.3, 0.4) is 0 Å². The standard InChI is InChI=1S/C19H25NS/c1-2-6-15-10-12-17(13-11-15)20-19(16-7-3-4-8-16)18-9-5-14-21-18/h5,9-14,16,19-20H,2-4,6-8H2,1H3. The molecule has 2 heteroatoms. The molecule has 1 N–H and O–H groups in total. The van der Waals surface area contributed by atoms with Gasteiger partial charge in [-0.15, -0.1) is 11.3 Å². The largest absolute Gasteiger partial charge is 0.377 e. The Bertz CT molecular complexity index is 523. The zero-order chi connectivity index (χ0) is 14.5. The van der Waals surface area contributed by atoms with Crippen LogP contribution < -0.4 is 5.32 Å². The first-order valence-corrected chi connectivity index (χ1v) is 9.13. The number of hydrogen-bond donors (Lipinski definition) is 1. The first kappa shape index (κ1) is 14.6. The van der Waals surface area contributed by atoms with Crippen LogP contribution in [0.5, 0.6) is 0 Å². The van der Waals surface area contributed by atoms with Crippen LogP contribution in [-0.2, 0) is 6.42 Å². The van der Waals surface area contributed by atoms with Gasteiger partial charge < -0.3 is 5.32 Å². The third-order valence-corrected chi connectivity index (χ3v) is 5.49. The summed E-state index contributed by atoms with van der Waals surface area (Å²) in [5.41, 5.74) is 2.71. The second-order valence-electron chi connectivity index (χ2n) is 6.13. The molecule has 0 bridgehead atoms. The van der Waals surface area contributed by atoms with Crippen molar-refractivity contribution in [3.05, 3.63) is 52.2 Å². The highest BCUT2D eigenvalue weighted by Gasteiger charge is 2.26. The molecule has 1 unspecified atom stereocenters. The lowest BCUT2D eigenvalue weighted by Gasteiger charge is -2.25. The van der Waals surface area contributed by atoms with Crippen LogP contribution in [0.15, 0.2) is 41.8 Å². The number of hydrogen-bond acceptors (Lipinski definition) is 2. The van der Waals surface area contributed by atoms with Crippen LogP contribution in [0.1, 0.15) is 55.5 Å². The summed E-state index contributed by atoms with van der Waals surface area (Å²) in [6, 6.07) is 14.0.